The minimum absolute atomic E-state index is 0.151. The molecule has 0 amide bonds. The van der Waals surface area contributed by atoms with Gasteiger partial charge in [-0.2, -0.15) is 0 Å². The smallest absolute Gasteiger partial charge is 0.337 e. The summed E-state index contributed by atoms with van der Waals surface area (Å²) in [6.45, 7) is 1.12. The SMILES string of the molecule is O=C(O)c1ccc(N2CCC[C@@H](F)C2)nc1. The molecule has 4 nitrogen and oxygen atoms in total. The highest BCUT2D eigenvalue weighted by Gasteiger charge is 2.20. The van der Waals surface area contributed by atoms with Crippen LogP contribution in [-0.4, -0.2) is 35.3 Å². The monoisotopic (exact) mass is 224 g/mol. The number of aromatic nitrogens is 1. The molecule has 0 spiro atoms. The van der Waals surface area contributed by atoms with E-state index < -0.39 is 12.1 Å². The number of aromatic carboxylic acids is 1. The van der Waals surface area contributed by atoms with Gasteiger partial charge in [-0.15, -0.1) is 0 Å². The van der Waals surface area contributed by atoms with Crippen molar-refractivity contribution in [3.05, 3.63) is 23.9 Å². The number of hydrogen-bond acceptors (Lipinski definition) is 3. The zero-order valence-corrected chi connectivity index (χ0v) is 8.77. The molecule has 0 radical (unpaired) electrons. The number of hydrogen-bond donors (Lipinski definition) is 1. The third-order valence-corrected chi connectivity index (χ3v) is 2.68. The van der Waals surface area contributed by atoms with Crippen LogP contribution in [0.5, 0.6) is 0 Å². The Morgan fingerprint density at radius 1 is 1.56 bits per heavy atom. The summed E-state index contributed by atoms with van der Waals surface area (Å²) in [4.78, 5) is 16.5. The first kappa shape index (κ1) is 10.9. The molecule has 86 valence electrons. The van der Waals surface area contributed by atoms with Gasteiger partial charge in [0.15, 0.2) is 0 Å². The Labute approximate surface area is 92.7 Å². The van der Waals surface area contributed by atoms with Crippen LogP contribution >= 0.6 is 0 Å². The maximum Gasteiger partial charge on any atom is 0.337 e. The number of carboxylic acid groups (broad SMARTS) is 1. The first-order valence-electron chi connectivity index (χ1n) is 5.25. The maximum atomic E-state index is 13.2. The zero-order valence-electron chi connectivity index (χ0n) is 8.77. The third-order valence-electron chi connectivity index (χ3n) is 2.68. The van der Waals surface area contributed by atoms with Crippen molar-refractivity contribution < 1.29 is 14.3 Å². The van der Waals surface area contributed by atoms with Gasteiger partial charge in [0.1, 0.15) is 12.0 Å². The minimum Gasteiger partial charge on any atom is -0.478 e. The molecule has 1 N–H and O–H groups in total. The van der Waals surface area contributed by atoms with Gasteiger partial charge >= 0.3 is 5.97 Å². The van der Waals surface area contributed by atoms with Crippen molar-refractivity contribution in [3.8, 4) is 0 Å². The van der Waals surface area contributed by atoms with E-state index >= 15 is 0 Å². The van der Waals surface area contributed by atoms with Gasteiger partial charge in [0.2, 0.25) is 0 Å². The van der Waals surface area contributed by atoms with Crippen LogP contribution in [0.1, 0.15) is 23.2 Å². The van der Waals surface area contributed by atoms with Gasteiger partial charge < -0.3 is 10.0 Å². The Kier molecular flexibility index (Phi) is 3.03. The van der Waals surface area contributed by atoms with E-state index in [1.165, 1.54) is 12.3 Å². The first-order valence-corrected chi connectivity index (χ1v) is 5.25. The lowest BCUT2D eigenvalue weighted by Gasteiger charge is -2.29. The minimum atomic E-state index is -0.999. The van der Waals surface area contributed by atoms with Crippen LogP contribution in [0.25, 0.3) is 0 Å². The van der Waals surface area contributed by atoms with Crippen LogP contribution in [0.2, 0.25) is 0 Å². The molecule has 0 aliphatic carbocycles. The molecule has 1 saturated heterocycles. The molecule has 1 aromatic heterocycles. The van der Waals surface area contributed by atoms with Crippen LogP contribution in [0.3, 0.4) is 0 Å². The van der Waals surface area contributed by atoms with Crippen molar-refractivity contribution in [2.24, 2.45) is 0 Å². The van der Waals surface area contributed by atoms with Crippen molar-refractivity contribution in [2.45, 2.75) is 19.0 Å². The number of pyridine rings is 1. The molecule has 1 aliphatic rings. The fourth-order valence-corrected chi connectivity index (χ4v) is 1.83. The molecule has 1 aromatic rings. The maximum absolute atomic E-state index is 13.2. The summed E-state index contributed by atoms with van der Waals surface area (Å²) in [5, 5.41) is 8.71. The zero-order chi connectivity index (χ0) is 11.5. The Bertz CT molecular complexity index is 380. The van der Waals surface area contributed by atoms with Gasteiger partial charge in [0.25, 0.3) is 0 Å². The molecular weight excluding hydrogens is 211 g/mol. The summed E-state index contributed by atoms with van der Waals surface area (Å²) in [6.07, 6.45) is 1.90. The van der Waals surface area contributed by atoms with Gasteiger partial charge in [0.05, 0.1) is 12.1 Å². The van der Waals surface area contributed by atoms with E-state index in [2.05, 4.69) is 4.98 Å². The molecule has 5 heteroatoms. The van der Waals surface area contributed by atoms with E-state index in [9.17, 15) is 9.18 Å². The lowest BCUT2D eigenvalue weighted by Crippen LogP contribution is -2.36. The van der Waals surface area contributed by atoms with E-state index in [0.29, 0.717) is 18.8 Å². The summed E-state index contributed by atoms with van der Waals surface area (Å²) in [5.74, 6) is -0.353. The van der Waals surface area contributed by atoms with E-state index in [1.54, 1.807) is 6.07 Å². The third kappa shape index (κ3) is 2.29. The van der Waals surface area contributed by atoms with Crippen molar-refractivity contribution in [2.75, 3.05) is 18.0 Å². The van der Waals surface area contributed by atoms with E-state index in [-0.39, 0.29) is 5.56 Å². The van der Waals surface area contributed by atoms with E-state index in [0.717, 1.165) is 13.0 Å². The number of alkyl halides is 1. The van der Waals surface area contributed by atoms with Crippen molar-refractivity contribution >= 4 is 11.8 Å². The molecule has 0 bridgehead atoms. The van der Waals surface area contributed by atoms with Crippen LogP contribution in [0, 0.1) is 0 Å². The number of carbonyl (C=O) groups is 1. The Hall–Kier alpha value is -1.65. The number of piperidine rings is 1. The predicted octanol–water partition coefficient (Wildman–Crippen LogP) is 1.72. The largest absolute Gasteiger partial charge is 0.478 e. The second-order valence-electron chi connectivity index (χ2n) is 3.90. The molecule has 1 fully saturated rings. The highest BCUT2D eigenvalue weighted by Crippen LogP contribution is 2.19. The summed E-state index contributed by atoms with van der Waals surface area (Å²) in [7, 11) is 0. The average Bonchev–Trinajstić information content (AvgIpc) is 2.29. The fourth-order valence-electron chi connectivity index (χ4n) is 1.83. The summed E-state index contributed by atoms with van der Waals surface area (Å²) < 4.78 is 13.2. The summed E-state index contributed by atoms with van der Waals surface area (Å²) in [6, 6.07) is 3.12. The average molecular weight is 224 g/mol. The lowest BCUT2D eigenvalue weighted by atomic mass is 10.1. The number of carboxylic acids is 1. The van der Waals surface area contributed by atoms with Crippen molar-refractivity contribution in [3.63, 3.8) is 0 Å². The van der Waals surface area contributed by atoms with Crippen LogP contribution in [-0.2, 0) is 0 Å². The van der Waals surface area contributed by atoms with Gasteiger partial charge in [-0.1, -0.05) is 0 Å². The second kappa shape index (κ2) is 4.47. The number of nitrogens with zero attached hydrogens (tertiary/aromatic N) is 2. The fraction of sp³-hybridized carbons (Fsp3) is 0.455. The van der Waals surface area contributed by atoms with Crippen LogP contribution in [0.15, 0.2) is 18.3 Å². The van der Waals surface area contributed by atoms with Crippen molar-refractivity contribution in [1.82, 2.24) is 4.98 Å². The highest BCUT2D eigenvalue weighted by atomic mass is 19.1. The highest BCUT2D eigenvalue weighted by molar-refractivity contribution is 5.87. The molecule has 1 atom stereocenters. The predicted molar refractivity (Wildman–Crippen MR) is 57.5 cm³/mol. The summed E-state index contributed by atoms with van der Waals surface area (Å²) in [5.41, 5.74) is 0.151. The van der Waals surface area contributed by atoms with E-state index in [1.807, 2.05) is 4.90 Å². The number of halogens is 1. The number of rotatable bonds is 2. The van der Waals surface area contributed by atoms with Gasteiger partial charge in [-0.25, -0.2) is 14.2 Å². The van der Waals surface area contributed by atoms with Gasteiger partial charge in [0, 0.05) is 12.7 Å². The molecular formula is C11H13FN2O2. The van der Waals surface area contributed by atoms with E-state index in [4.69, 9.17) is 5.11 Å². The lowest BCUT2D eigenvalue weighted by molar-refractivity contribution is 0.0696. The molecule has 16 heavy (non-hydrogen) atoms. The molecule has 2 rings (SSSR count). The van der Waals surface area contributed by atoms with Gasteiger partial charge in [-0.3, -0.25) is 0 Å². The molecule has 0 saturated carbocycles. The molecule has 0 aromatic carbocycles. The Morgan fingerprint density at radius 3 is 2.94 bits per heavy atom. The summed E-state index contributed by atoms with van der Waals surface area (Å²) >= 11 is 0. The molecule has 0 unspecified atom stereocenters. The van der Waals surface area contributed by atoms with Crippen molar-refractivity contribution in [1.29, 1.82) is 0 Å². The Balaban J connectivity index is 2.11. The topological polar surface area (TPSA) is 53.4 Å². The normalized spacial score (nSPS) is 20.8. The Morgan fingerprint density at radius 2 is 2.38 bits per heavy atom. The van der Waals surface area contributed by atoms with Crippen LogP contribution in [0.4, 0.5) is 10.2 Å². The van der Waals surface area contributed by atoms with Gasteiger partial charge in [-0.05, 0) is 25.0 Å². The first-order chi connectivity index (χ1) is 7.66. The second-order valence-corrected chi connectivity index (χ2v) is 3.90. The molecule has 2 heterocycles. The number of anilines is 1. The van der Waals surface area contributed by atoms with Crippen LogP contribution < -0.4 is 4.90 Å². The quantitative estimate of drug-likeness (QED) is 0.831. The molecule has 1 aliphatic heterocycles. The standard InChI is InChI=1S/C11H13FN2O2/c12-9-2-1-5-14(7-9)10-4-3-8(6-13-10)11(15)16/h3-4,6,9H,1-2,5,7H2,(H,15,16)/t9-/m1/s1.